The number of aromatic nitrogens is 4. The molecule has 12 atom stereocenters. The topological polar surface area (TPSA) is 586 Å². The number of aromatic amines is 3. The standard InChI is InChI=1S/C88H111N19O19S/c1-48(2)73-84(122)106-75(88(5,6)127-46-53-21-11-12-24-60(53)87(125)107(7)49(3)77(115)98-69(40-72(112)113)81(119)100-67(82(120)104-73)38-55-42-94-62-26-16-14-23-59(55)62)86(124)103-65(36-52-28-30-57(109)31-29-52)79(117)99-66(37-54-41-93-61-25-15-13-22-58(54)61)80(118)101-68(39-56-43-91-47-96-56)83(121)105-74(50(4)108)85(123)102-64(35-51-19-9-8-10-20-51)78(116)95-44-70(110)92-33-34-126-45-71(111)97-63(76(90)114)27-17-18-32-89/h8-16,19-26,28-31,41-43,47-50,63-69,73-75,93-94,108-109H,17-18,27,32-40,44-46,89H2,1-7H3,(H2,90,114)(H,91,96)(H,92,110)(H,95,116)(H,97,111)(H,98,115)(H,99,117)(H,100,119)(H,101,118)(H,102,123)(H,103,124)(H,104,120)(H,105,121)(H,106,122)(H,112,113)/t49-,50+,63+,64-,65-,66-,67-,68-,69-,73-,74-,75+/m0/s1. The van der Waals surface area contributed by atoms with E-state index < -0.39 is 191 Å². The number of nitrogens with one attached hydrogen (secondary N) is 15. The van der Waals surface area contributed by atoms with Gasteiger partial charge in [-0.05, 0) is 118 Å². The number of para-hydroxylation sites is 2. The molecular formula is C88H111N19O19S. The van der Waals surface area contributed by atoms with E-state index in [1.54, 1.807) is 137 Å². The molecule has 9 rings (SSSR count). The van der Waals surface area contributed by atoms with Crippen molar-refractivity contribution in [2.75, 3.05) is 39.9 Å². The number of imidazole rings is 1. The van der Waals surface area contributed by atoms with Gasteiger partial charge >= 0.3 is 5.97 Å². The Balaban J connectivity index is 1.00. The lowest BCUT2D eigenvalue weighted by molar-refractivity contribution is -0.141. The Bertz CT molecular complexity index is 5200. The van der Waals surface area contributed by atoms with E-state index in [-0.39, 0.29) is 74.4 Å². The van der Waals surface area contributed by atoms with Crippen LogP contribution < -0.4 is 75.3 Å². The molecule has 5 aromatic carbocycles. The predicted molar refractivity (Wildman–Crippen MR) is 469 cm³/mol. The highest BCUT2D eigenvalue weighted by atomic mass is 32.2. The molecule has 1 aliphatic heterocycles. The number of amides is 14. The Morgan fingerprint density at radius 3 is 1.81 bits per heavy atom. The van der Waals surface area contributed by atoms with Crippen LogP contribution >= 0.6 is 11.8 Å². The number of aliphatic hydroxyl groups is 1. The summed E-state index contributed by atoms with van der Waals surface area (Å²) in [6.45, 7) is 8.05. The van der Waals surface area contributed by atoms with Gasteiger partial charge in [0.1, 0.15) is 78.8 Å². The molecule has 38 nitrogen and oxygen atoms in total. The number of fused-ring (bicyclic) bond motifs is 3. The van der Waals surface area contributed by atoms with Crippen molar-refractivity contribution in [2.45, 2.75) is 182 Å². The highest BCUT2D eigenvalue weighted by molar-refractivity contribution is 7.99. The minimum atomic E-state index is -1.86. The summed E-state index contributed by atoms with van der Waals surface area (Å²) in [5.41, 5.74) is 14.9. The number of nitrogens with zero attached hydrogens (tertiary/aromatic N) is 2. The number of benzene rings is 5. The third-order valence-electron chi connectivity index (χ3n) is 21.5. The van der Waals surface area contributed by atoms with Crippen LogP contribution in [0, 0.1) is 5.92 Å². The first-order valence-corrected chi connectivity index (χ1v) is 42.5. The monoisotopic (exact) mass is 1770 g/mol. The number of hydrogen-bond donors (Lipinski definition) is 20. The number of primary amides is 1. The predicted octanol–water partition coefficient (Wildman–Crippen LogP) is 0.0001000. The molecule has 678 valence electrons. The zero-order valence-corrected chi connectivity index (χ0v) is 72.2. The van der Waals surface area contributed by atoms with E-state index in [0.29, 0.717) is 69.0 Å². The van der Waals surface area contributed by atoms with Crippen molar-refractivity contribution < 1.29 is 92.0 Å². The van der Waals surface area contributed by atoms with Gasteiger partial charge in [-0.25, -0.2) is 4.98 Å². The summed E-state index contributed by atoms with van der Waals surface area (Å²) in [7, 11) is 1.34. The van der Waals surface area contributed by atoms with E-state index >= 15 is 28.8 Å². The van der Waals surface area contributed by atoms with Crippen molar-refractivity contribution in [1.82, 2.24) is 88.6 Å². The third kappa shape index (κ3) is 28.2. The molecule has 1 aliphatic rings. The van der Waals surface area contributed by atoms with Crippen LogP contribution in [-0.2, 0) is 110 Å². The summed E-state index contributed by atoms with van der Waals surface area (Å²) in [5, 5.41) is 65.0. The lowest BCUT2D eigenvalue weighted by atomic mass is 9.97. The number of phenols is 1. The second kappa shape index (κ2) is 46.4. The molecule has 0 unspecified atom stereocenters. The number of carbonyl (C=O) groups excluding carboxylic acids is 14. The Morgan fingerprint density at radius 2 is 1.18 bits per heavy atom. The number of H-pyrrole nitrogens is 3. The molecular weight excluding hydrogens is 1660 g/mol. The van der Waals surface area contributed by atoms with E-state index in [0.717, 1.165) is 16.7 Å². The SMILES string of the molecule is CC(C)[C@@H]1NC(=O)[C@H](Cc2c[nH]c3ccccc23)NC(=O)[C@H](CC(=O)O)NC(=O)[C@H](C)N(C)C(=O)c2ccccc2CSC(C)(C)[C@@H](C(=O)N[C@@H](Cc2ccc(O)cc2)C(=O)N[C@@H](Cc2c[nH]c3ccccc23)C(=O)N[C@@H](Cc2cnc[nH]2)C(=O)N[C@H](C(=O)N[C@@H](Cc2ccccc2)C(=O)NCC(=O)NCCOCC(=O)N[C@H](CCCCN)C(N)=O)[C@@H](C)O)NC1=O. The average Bonchev–Trinajstić information content (AvgIpc) is 1.14. The van der Waals surface area contributed by atoms with Gasteiger partial charge in [-0.1, -0.05) is 111 Å². The minimum absolute atomic E-state index is 0.0668. The number of carboxylic acids is 1. The van der Waals surface area contributed by atoms with Crippen LogP contribution in [0.15, 0.2) is 152 Å². The molecule has 22 N–H and O–H groups in total. The number of carbonyl (C=O) groups is 15. The Kier molecular flexibility index (Phi) is 35.6. The maximum absolute atomic E-state index is 16.0. The quantitative estimate of drug-likeness (QED) is 0.0226. The fraction of sp³-hybridized carbons (Fsp3) is 0.409. The first-order chi connectivity index (χ1) is 60.6. The summed E-state index contributed by atoms with van der Waals surface area (Å²) >= 11 is 1.09. The zero-order chi connectivity index (χ0) is 92.2. The number of phenolic OH excluding ortho intramolecular Hbond substituents is 1. The number of aliphatic hydroxyl groups excluding tert-OH is 1. The van der Waals surface area contributed by atoms with E-state index in [2.05, 4.69) is 83.7 Å². The van der Waals surface area contributed by atoms with Crippen molar-refractivity contribution in [3.05, 3.63) is 191 Å². The van der Waals surface area contributed by atoms with Crippen LogP contribution in [0.5, 0.6) is 5.75 Å². The minimum Gasteiger partial charge on any atom is -0.508 e. The molecule has 0 saturated carbocycles. The maximum atomic E-state index is 16.0. The Morgan fingerprint density at radius 1 is 0.606 bits per heavy atom. The Hall–Kier alpha value is -13.5. The molecule has 14 amide bonds. The lowest BCUT2D eigenvalue weighted by Crippen LogP contribution is -2.64. The molecule has 0 spiro atoms. The van der Waals surface area contributed by atoms with Crippen LogP contribution in [0.25, 0.3) is 21.8 Å². The Labute approximate surface area is 736 Å². The highest BCUT2D eigenvalue weighted by Crippen LogP contribution is 2.34. The van der Waals surface area contributed by atoms with Gasteiger partial charge in [0.2, 0.25) is 76.8 Å². The second-order valence-electron chi connectivity index (χ2n) is 31.9. The van der Waals surface area contributed by atoms with Gasteiger partial charge in [-0.15, -0.1) is 11.8 Å². The molecule has 127 heavy (non-hydrogen) atoms. The van der Waals surface area contributed by atoms with E-state index in [4.69, 9.17) is 16.2 Å². The number of ether oxygens (including phenoxy) is 1. The summed E-state index contributed by atoms with van der Waals surface area (Å²) in [6.07, 6.45) is 3.18. The molecule has 0 radical (unpaired) electrons. The smallest absolute Gasteiger partial charge is 0.305 e. The number of rotatable bonds is 38. The van der Waals surface area contributed by atoms with Crippen molar-refractivity contribution in [3.8, 4) is 5.75 Å². The van der Waals surface area contributed by atoms with Gasteiger partial charge < -0.3 is 115 Å². The van der Waals surface area contributed by atoms with Crippen molar-refractivity contribution in [3.63, 3.8) is 0 Å². The fourth-order valence-electron chi connectivity index (χ4n) is 14.2. The molecule has 0 fully saturated rings. The second-order valence-corrected chi connectivity index (χ2v) is 33.5. The largest absolute Gasteiger partial charge is 0.508 e. The number of aromatic hydroxyl groups is 1. The van der Waals surface area contributed by atoms with Gasteiger partial charge in [0.05, 0.1) is 32.0 Å². The first-order valence-electron chi connectivity index (χ1n) is 41.5. The lowest BCUT2D eigenvalue weighted by Gasteiger charge is -2.36. The summed E-state index contributed by atoms with van der Waals surface area (Å²) in [4.78, 5) is 229. The van der Waals surface area contributed by atoms with Crippen LogP contribution in [0.1, 0.15) is 111 Å². The molecule has 4 heterocycles. The molecule has 0 bridgehead atoms. The van der Waals surface area contributed by atoms with E-state index in [1.807, 2.05) is 0 Å². The van der Waals surface area contributed by atoms with E-state index in [1.165, 1.54) is 63.8 Å². The number of likely N-dealkylation sites (N-methyl/N-ethyl adjacent to an activating group) is 1. The average molecular weight is 1770 g/mol. The van der Waals surface area contributed by atoms with Gasteiger partial charge in [0.25, 0.3) is 5.91 Å². The number of hydrogen-bond acceptors (Lipinski definition) is 21. The molecule has 8 aromatic rings. The summed E-state index contributed by atoms with van der Waals surface area (Å²) in [5.74, 6) is -15.2. The highest BCUT2D eigenvalue weighted by Gasteiger charge is 2.44. The van der Waals surface area contributed by atoms with Crippen molar-refractivity contribution in [2.24, 2.45) is 17.4 Å². The molecule has 0 saturated heterocycles. The molecule has 0 aliphatic carbocycles. The van der Waals surface area contributed by atoms with Crippen LogP contribution in [-0.4, -0.2) is 246 Å². The van der Waals surface area contributed by atoms with Gasteiger partial charge in [-0.3, -0.25) is 71.9 Å². The zero-order valence-electron chi connectivity index (χ0n) is 71.4. The number of unbranched alkanes of at least 4 members (excludes halogenated alkanes) is 1. The molecule has 3 aromatic heterocycles. The number of nitrogens with two attached hydrogens (primary N) is 2. The summed E-state index contributed by atoms with van der Waals surface area (Å²) < 4.78 is 3.87. The van der Waals surface area contributed by atoms with Gasteiger partial charge in [0, 0.05) is 108 Å². The third-order valence-corrected chi connectivity index (χ3v) is 23.0. The van der Waals surface area contributed by atoms with Crippen LogP contribution in [0.3, 0.4) is 0 Å². The fourth-order valence-corrected chi connectivity index (χ4v) is 15.3. The van der Waals surface area contributed by atoms with Crippen molar-refractivity contribution in [1.29, 1.82) is 0 Å². The number of thioether (sulfide) groups is 1. The summed E-state index contributed by atoms with van der Waals surface area (Å²) in [6, 6.07) is 17.2. The van der Waals surface area contributed by atoms with Crippen LogP contribution in [0.2, 0.25) is 0 Å². The maximum Gasteiger partial charge on any atom is 0.305 e. The normalized spacial score (nSPS) is 18.1. The van der Waals surface area contributed by atoms with E-state index in [9.17, 15) is 58.5 Å². The molecule has 39 heteroatoms. The van der Waals surface area contributed by atoms with Gasteiger partial charge in [-0.2, -0.15) is 0 Å². The first kappa shape index (κ1) is 97.3. The van der Waals surface area contributed by atoms with Crippen molar-refractivity contribution >= 4 is 122 Å². The van der Waals surface area contributed by atoms with Crippen LogP contribution in [0.4, 0.5) is 0 Å². The van der Waals surface area contributed by atoms with Gasteiger partial charge in [0.15, 0.2) is 0 Å². The number of aliphatic carboxylic acids is 1. The number of carboxylic acid groups (broad SMARTS) is 1.